The van der Waals surface area contributed by atoms with Crippen molar-refractivity contribution in [2.75, 3.05) is 69.5 Å². The third-order valence-corrected chi connectivity index (χ3v) is 25.5. The maximum atomic E-state index is 6.08. The van der Waals surface area contributed by atoms with E-state index in [-0.39, 0.29) is 72.5 Å². The molecule has 0 amide bonds. The summed E-state index contributed by atoms with van der Waals surface area (Å²) in [6.45, 7) is 58.9. The lowest BCUT2D eigenvalue weighted by atomic mass is 9.85. The largest absolute Gasteiger partial charge is 0.467 e. The smallest absolute Gasteiger partial charge is 0.188 e. The molecule has 0 saturated heterocycles. The molecule has 0 aromatic heterocycles. The lowest BCUT2D eigenvalue weighted by Crippen LogP contribution is -2.21. The van der Waals surface area contributed by atoms with Crippen molar-refractivity contribution in [2.24, 2.45) is 25.0 Å². The average molecular weight is 1840 g/mol. The van der Waals surface area contributed by atoms with Crippen LogP contribution in [-0.2, 0) is 34.5 Å². The summed E-state index contributed by atoms with van der Waals surface area (Å²) in [4.78, 5) is 23.4. The molecule has 0 aliphatic rings. The molecule has 129 heavy (non-hydrogen) atoms. The molecule has 15 nitrogen and oxygen atoms in total. The Morgan fingerprint density at radius 1 is 0.240 bits per heavy atom. The predicted octanol–water partition coefficient (Wildman–Crippen LogP) is 22.0. The molecule has 0 radical (unpaired) electrons. The molecule has 0 N–H and O–H groups in total. The first kappa shape index (κ1) is 109. The summed E-state index contributed by atoms with van der Waals surface area (Å²) in [5.41, 5.74) is 15.1. The van der Waals surface area contributed by atoms with Crippen molar-refractivity contribution in [3.8, 4) is 28.7 Å². The van der Waals surface area contributed by atoms with Gasteiger partial charge in [0.1, 0.15) is 28.7 Å². The second kappa shape index (κ2) is 52.1. The number of methoxy groups -OCH3 is 5. The second-order valence-electron chi connectivity index (χ2n) is 38.7. The lowest BCUT2D eigenvalue weighted by molar-refractivity contribution is 0.0505. The van der Waals surface area contributed by atoms with Crippen LogP contribution < -0.4 is 76.7 Å². The first-order valence-electron chi connectivity index (χ1n) is 43.9. The predicted molar refractivity (Wildman–Crippen MR) is 567 cm³/mol. The van der Waals surface area contributed by atoms with Crippen LogP contribution in [0.3, 0.4) is 0 Å². The summed E-state index contributed by atoms with van der Waals surface area (Å²) in [5, 5.41) is 12.3. The number of hydrogen-bond donors (Lipinski definition) is 0. The number of aryl methyl sites for hydroxylation is 6. The van der Waals surface area contributed by atoms with Crippen molar-refractivity contribution in [1.82, 2.24) is 0 Å². The minimum Gasteiger partial charge on any atom is -0.467 e. The van der Waals surface area contributed by atoms with Crippen molar-refractivity contribution in [1.29, 1.82) is 0 Å². The molecule has 5 unspecified atom stereocenters. The third kappa shape index (κ3) is 39.8. The van der Waals surface area contributed by atoms with Gasteiger partial charge < -0.3 is 47.4 Å². The zero-order valence-corrected chi connectivity index (χ0v) is 88.2. The quantitative estimate of drug-likeness (QED) is 0.0241. The number of aliphatic imine (C=N–C) groups is 5. The molecule has 0 spiro atoms. The molecular formula is C109H148N5O10P5. The molecule has 0 heterocycles. The highest BCUT2D eigenvalue weighted by molar-refractivity contribution is 7.57. The highest BCUT2D eigenvalue weighted by Crippen LogP contribution is 2.37. The molecule has 694 valence electrons. The Balaban J connectivity index is 0.000000249. The Morgan fingerprint density at radius 2 is 0.519 bits per heavy atom. The van der Waals surface area contributed by atoms with Crippen LogP contribution in [0.25, 0.3) is 0 Å². The van der Waals surface area contributed by atoms with E-state index in [2.05, 4.69) is 390 Å². The summed E-state index contributed by atoms with van der Waals surface area (Å²) >= 11 is 0. The topological polar surface area (TPSA) is 154 Å². The van der Waals surface area contributed by atoms with Gasteiger partial charge in [-0.3, -0.25) is 25.0 Å². The summed E-state index contributed by atoms with van der Waals surface area (Å²) < 4.78 is 55.0. The molecular weight excluding hydrogens is 1690 g/mol. The van der Waals surface area contributed by atoms with E-state index in [9.17, 15) is 0 Å². The van der Waals surface area contributed by atoms with Gasteiger partial charge in [-0.05, 0) is 246 Å². The van der Waals surface area contributed by atoms with Gasteiger partial charge in [-0.1, -0.05) is 254 Å². The number of hydrogen-bond acceptors (Lipinski definition) is 15. The zero-order valence-electron chi connectivity index (χ0n) is 83.2. The number of benzene rings is 10. The Bertz CT molecular complexity index is 5210. The number of ether oxygens (including phenoxy) is 10. The Morgan fingerprint density at radius 3 is 0.860 bits per heavy atom. The third-order valence-electron chi connectivity index (χ3n) is 18.7. The molecule has 0 fully saturated rings. The maximum absolute atomic E-state index is 6.08. The summed E-state index contributed by atoms with van der Waals surface area (Å²) in [7, 11) is 10.7. The Labute approximate surface area is 784 Å². The van der Waals surface area contributed by atoms with Gasteiger partial charge >= 0.3 is 0 Å². The van der Waals surface area contributed by atoms with Gasteiger partial charge in [-0.2, -0.15) is 0 Å². The van der Waals surface area contributed by atoms with Crippen molar-refractivity contribution < 1.29 is 47.4 Å². The fraction of sp³-hybridized carbons (Fsp3) is 0.404. The van der Waals surface area contributed by atoms with Crippen molar-refractivity contribution >= 4 is 127 Å². The SMILES string of the molecule is COCOc1c(C)cc(C(C)(C)C)cc1Pc1ccccc1C=NC(C)(C)C.COCOc1c(C)cc(C)cc1Pc1ccccc1C=NC(C)(C)C.COCOc1c(C)cccc1Pc1ccccc1C=NC(C)(C)C.COCOc1c(Pc2ccccc2C=NC(C)(C)C)cc(C)cc1C(C)(C)C.COCOc1ccc(C)cc1Pc1ccccc1C=NC(C)(C)C. The van der Waals surface area contributed by atoms with Crippen LogP contribution in [0.15, 0.2) is 219 Å². The summed E-state index contributed by atoms with van der Waals surface area (Å²) in [6.07, 6.45) is 9.94. The minimum atomic E-state index is -0.0916. The van der Waals surface area contributed by atoms with E-state index in [4.69, 9.17) is 57.4 Å². The van der Waals surface area contributed by atoms with E-state index in [1.165, 1.54) is 80.9 Å². The maximum Gasteiger partial charge on any atom is 0.188 e. The molecule has 0 aliphatic carbocycles. The normalized spacial score (nSPS) is 12.7. The zero-order chi connectivity index (χ0) is 95.5. The molecule has 0 saturated carbocycles. The van der Waals surface area contributed by atoms with E-state index >= 15 is 0 Å². The van der Waals surface area contributed by atoms with E-state index < -0.39 is 0 Å². The second-order valence-corrected chi connectivity index (χ2v) is 45.4. The minimum absolute atomic E-state index is 0.0124. The van der Waals surface area contributed by atoms with Gasteiger partial charge in [0.2, 0.25) is 0 Å². The molecule has 10 rings (SSSR count). The number of nitrogens with zero attached hydrogens (tertiary/aromatic N) is 5. The van der Waals surface area contributed by atoms with Crippen LogP contribution in [0.1, 0.15) is 218 Å². The molecule has 10 aromatic carbocycles. The fourth-order valence-corrected chi connectivity index (χ4v) is 19.2. The lowest BCUT2D eigenvalue weighted by Gasteiger charge is -2.26. The van der Waals surface area contributed by atoms with Crippen LogP contribution in [0.5, 0.6) is 28.7 Å². The number of rotatable bonds is 30. The Kier molecular flexibility index (Phi) is 44.1. The van der Waals surface area contributed by atoms with Gasteiger partial charge in [-0.25, -0.2) is 0 Å². The van der Waals surface area contributed by atoms with Crippen LogP contribution in [0, 0.1) is 41.5 Å². The van der Waals surface area contributed by atoms with E-state index in [0.717, 1.165) is 73.3 Å². The van der Waals surface area contributed by atoms with Gasteiger partial charge in [0, 0.05) is 127 Å². The average Bonchev–Trinajstić information content (AvgIpc) is 0.806. The van der Waals surface area contributed by atoms with E-state index in [1.807, 2.05) is 37.1 Å². The highest BCUT2D eigenvalue weighted by atomic mass is 31.1. The molecule has 0 bridgehead atoms. The molecule has 20 heteroatoms. The van der Waals surface area contributed by atoms with Gasteiger partial charge in [0.15, 0.2) is 34.0 Å². The van der Waals surface area contributed by atoms with Crippen LogP contribution >= 0.6 is 42.9 Å². The molecule has 5 atom stereocenters. The van der Waals surface area contributed by atoms with Crippen molar-refractivity contribution in [3.05, 3.63) is 266 Å². The molecule has 0 aliphatic heterocycles. The van der Waals surface area contributed by atoms with Crippen LogP contribution in [0.2, 0.25) is 0 Å². The Hall–Kier alpha value is -8.50. The van der Waals surface area contributed by atoms with Gasteiger partial charge in [0.05, 0.1) is 27.7 Å². The van der Waals surface area contributed by atoms with Crippen molar-refractivity contribution in [3.63, 3.8) is 0 Å². The fourth-order valence-electron chi connectivity index (χ4n) is 12.4. The standard InChI is InChI=1S/2C24H34NO2P.C21H28NO2P.2C20H26NO2P/c1-17-13-19(23(2,3)4)14-21(22(17)27-16-26-8)28-20-12-10-9-11-18(20)15-25-24(5,6)7;1-17-13-19(23(2,3)4)22(27-16-26-8)21(14-17)28-20-12-10-9-11-18(20)15-25-24(5,6)7;1-15-11-16(2)20(24-14-23-6)19(12-15)25-18-10-8-7-9-17(18)13-22-21(3,4)5;1-15-9-8-12-18(19(15)23-14-22-5)24-17-11-7-6-10-16(17)13-21-20(2,3)4;1-15-10-11-17(23-14-22-5)19(12-15)24-18-9-7-6-8-16(18)13-21-20(2,3)4/h2*9-15,28H,16H2,1-8H3;7-13,25H,14H2,1-6H3;2*6-13,24H,14H2,1-5H3. The van der Waals surface area contributed by atoms with Gasteiger partial charge in [0.25, 0.3) is 0 Å². The number of para-hydroxylation sites is 1. The summed E-state index contributed by atoms with van der Waals surface area (Å²) in [6, 6.07) is 68.0. The van der Waals surface area contributed by atoms with Crippen LogP contribution in [-0.4, -0.2) is 128 Å². The summed E-state index contributed by atoms with van der Waals surface area (Å²) in [5.74, 6) is 4.59. The highest BCUT2D eigenvalue weighted by Gasteiger charge is 2.25. The van der Waals surface area contributed by atoms with E-state index in [1.54, 1.807) is 35.5 Å². The van der Waals surface area contributed by atoms with Crippen LogP contribution in [0.4, 0.5) is 0 Å². The first-order chi connectivity index (χ1) is 60.6. The van der Waals surface area contributed by atoms with E-state index in [0.29, 0.717) is 42.9 Å². The van der Waals surface area contributed by atoms with Gasteiger partial charge in [-0.15, -0.1) is 0 Å². The van der Waals surface area contributed by atoms with Crippen molar-refractivity contribution in [2.45, 2.75) is 225 Å². The monoisotopic (exact) mass is 1840 g/mol. The molecule has 10 aromatic rings. The first-order valence-corrected chi connectivity index (χ1v) is 48.9.